The first-order valence-corrected chi connectivity index (χ1v) is 9.05. The molecule has 2 aromatic rings. The van der Waals surface area contributed by atoms with E-state index in [9.17, 15) is 22.0 Å². The average Bonchev–Trinajstić information content (AvgIpc) is 2.53. The molecular weight excluding hydrogens is 386 g/mol. The summed E-state index contributed by atoms with van der Waals surface area (Å²) in [4.78, 5) is 19.1. The van der Waals surface area contributed by atoms with Crippen molar-refractivity contribution in [3.63, 3.8) is 0 Å². The minimum atomic E-state index is -4.27. The van der Waals surface area contributed by atoms with Crippen molar-refractivity contribution in [1.29, 1.82) is 0 Å². The van der Waals surface area contributed by atoms with E-state index in [2.05, 4.69) is 20.0 Å². The van der Waals surface area contributed by atoms with Gasteiger partial charge in [-0.15, -0.1) is 0 Å². The van der Waals surface area contributed by atoms with Crippen LogP contribution in [0.3, 0.4) is 0 Å². The fourth-order valence-corrected chi connectivity index (χ4v) is 3.05. The molecule has 1 aromatic carbocycles. The summed E-state index contributed by atoms with van der Waals surface area (Å²) in [5.41, 5.74) is 0.223. The highest BCUT2D eigenvalue weighted by molar-refractivity contribution is 7.90. The third-order valence-corrected chi connectivity index (χ3v) is 4.30. The Morgan fingerprint density at radius 1 is 1.26 bits per heavy atom. The number of nitrogens with zero attached hydrogens (tertiary/aromatic N) is 2. The number of halogens is 2. The first-order chi connectivity index (χ1) is 12.7. The molecule has 0 unspecified atom stereocenters. The molecule has 0 aliphatic carbocycles. The monoisotopic (exact) mass is 402 g/mol. The Hall–Kier alpha value is -3.02. The van der Waals surface area contributed by atoms with Crippen LogP contribution in [-0.2, 0) is 10.0 Å². The number of alkyl halides is 2. The summed E-state index contributed by atoms with van der Waals surface area (Å²) >= 11 is 0. The van der Waals surface area contributed by atoms with Gasteiger partial charge in [0.15, 0.2) is 0 Å². The third-order valence-electron chi connectivity index (χ3n) is 2.93. The van der Waals surface area contributed by atoms with Gasteiger partial charge in [-0.05, 0) is 26.0 Å². The molecule has 0 fully saturated rings. The molecule has 1 aromatic heterocycles. The van der Waals surface area contributed by atoms with Crippen molar-refractivity contribution in [1.82, 2.24) is 14.7 Å². The van der Waals surface area contributed by atoms with E-state index in [0.29, 0.717) is 0 Å². The molecular formula is C15H16F2N4O5S. The van der Waals surface area contributed by atoms with Crippen molar-refractivity contribution in [2.75, 3.05) is 11.9 Å². The van der Waals surface area contributed by atoms with Crippen LogP contribution in [0.15, 0.2) is 35.2 Å². The predicted molar refractivity (Wildman–Crippen MR) is 90.4 cm³/mol. The molecule has 2 N–H and O–H groups in total. The third kappa shape index (κ3) is 5.74. The van der Waals surface area contributed by atoms with Gasteiger partial charge in [0.2, 0.25) is 11.8 Å². The molecule has 1 heterocycles. The zero-order valence-electron chi connectivity index (χ0n) is 14.3. The Balaban J connectivity index is 2.17. The number of amides is 2. The molecule has 2 rings (SSSR count). The Labute approximate surface area is 153 Å². The molecule has 146 valence electrons. The normalized spacial score (nSPS) is 11.1. The SMILES string of the molecule is CCOc1ccccc1S(=O)(=O)NC(=O)Nc1nc(C)cc(OC(F)F)n1. The summed E-state index contributed by atoms with van der Waals surface area (Å²) in [7, 11) is -4.27. The lowest BCUT2D eigenvalue weighted by Gasteiger charge is -2.12. The van der Waals surface area contributed by atoms with E-state index >= 15 is 0 Å². The average molecular weight is 402 g/mol. The van der Waals surface area contributed by atoms with E-state index in [-0.39, 0.29) is 22.9 Å². The van der Waals surface area contributed by atoms with E-state index in [4.69, 9.17) is 4.74 Å². The molecule has 2 amide bonds. The maximum absolute atomic E-state index is 12.4. The van der Waals surface area contributed by atoms with Crippen LogP contribution in [0.1, 0.15) is 12.6 Å². The van der Waals surface area contributed by atoms with Gasteiger partial charge in [-0.3, -0.25) is 5.32 Å². The second-order valence-corrected chi connectivity index (χ2v) is 6.64. The second kappa shape index (κ2) is 8.58. The van der Waals surface area contributed by atoms with Gasteiger partial charge in [-0.2, -0.15) is 13.8 Å². The summed E-state index contributed by atoms with van der Waals surface area (Å²) in [5, 5.41) is 2.06. The number of aromatic nitrogens is 2. The summed E-state index contributed by atoms with van der Waals surface area (Å²) in [6, 6.07) is 5.69. The van der Waals surface area contributed by atoms with Crippen molar-refractivity contribution < 1.29 is 31.5 Å². The number of nitrogens with one attached hydrogen (secondary N) is 2. The number of carbonyl (C=O) groups excluding carboxylic acids is 1. The molecule has 12 heteroatoms. The first kappa shape index (κ1) is 20.3. The number of hydrogen-bond donors (Lipinski definition) is 2. The Morgan fingerprint density at radius 2 is 1.96 bits per heavy atom. The number of aryl methyl sites for hydroxylation is 1. The zero-order chi connectivity index (χ0) is 20.0. The van der Waals surface area contributed by atoms with Crippen molar-refractivity contribution in [2.24, 2.45) is 0 Å². The zero-order valence-corrected chi connectivity index (χ0v) is 15.1. The second-order valence-electron chi connectivity index (χ2n) is 4.99. The van der Waals surface area contributed by atoms with Crippen molar-refractivity contribution in [2.45, 2.75) is 25.4 Å². The van der Waals surface area contributed by atoms with Crippen LogP contribution < -0.4 is 19.5 Å². The van der Waals surface area contributed by atoms with Gasteiger partial charge in [0.25, 0.3) is 10.0 Å². The van der Waals surface area contributed by atoms with E-state index in [0.717, 1.165) is 6.07 Å². The lowest BCUT2D eigenvalue weighted by molar-refractivity contribution is -0.0528. The van der Waals surface area contributed by atoms with Gasteiger partial charge < -0.3 is 9.47 Å². The van der Waals surface area contributed by atoms with Gasteiger partial charge in [-0.1, -0.05) is 12.1 Å². The lowest BCUT2D eigenvalue weighted by atomic mass is 10.3. The minimum Gasteiger partial charge on any atom is -0.492 e. The summed E-state index contributed by atoms with van der Waals surface area (Å²) in [6.07, 6.45) is 0. The minimum absolute atomic E-state index is 0.0692. The van der Waals surface area contributed by atoms with Crippen LogP contribution in [0.4, 0.5) is 19.5 Å². The molecule has 0 atom stereocenters. The highest BCUT2D eigenvalue weighted by atomic mass is 32.2. The number of hydrogen-bond acceptors (Lipinski definition) is 7. The molecule has 0 spiro atoms. The number of ether oxygens (including phenoxy) is 2. The van der Waals surface area contributed by atoms with Crippen LogP contribution in [0.25, 0.3) is 0 Å². The Kier molecular flexibility index (Phi) is 6.45. The fourth-order valence-electron chi connectivity index (χ4n) is 2.00. The van der Waals surface area contributed by atoms with Gasteiger partial charge in [0, 0.05) is 11.8 Å². The Morgan fingerprint density at radius 3 is 2.63 bits per heavy atom. The fraction of sp³-hybridized carbons (Fsp3) is 0.267. The van der Waals surface area contributed by atoms with Gasteiger partial charge in [0.1, 0.15) is 10.6 Å². The van der Waals surface area contributed by atoms with E-state index in [1.807, 2.05) is 0 Å². The number of carbonyl (C=O) groups is 1. The molecule has 0 saturated carbocycles. The topological polar surface area (TPSA) is 120 Å². The van der Waals surface area contributed by atoms with Crippen LogP contribution in [0, 0.1) is 6.92 Å². The van der Waals surface area contributed by atoms with E-state index in [1.54, 1.807) is 17.7 Å². The highest BCUT2D eigenvalue weighted by Crippen LogP contribution is 2.23. The number of benzene rings is 1. The van der Waals surface area contributed by atoms with Crippen LogP contribution in [0.5, 0.6) is 11.6 Å². The quantitative estimate of drug-likeness (QED) is 0.729. The van der Waals surface area contributed by atoms with Crippen molar-refractivity contribution >= 4 is 22.0 Å². The molecule has 0 aliphatic heterocycles. The maximum Gasteiger partial charge on any atom is 0.388 e. The van der Waals surface area contributed by atoms with Crippen LogP contribution >= 0.6 is 0 Å². The van der Waals surface area contributed by atoms with Gasteiger partial charge >= 0.3 is 12.6 Å². The molecule has 9 nitrogen and oxygen atoms in total. The number of anilines is 1. The summed E-state index contributed by atoms with van der Waals surface area (Å²) in [5.74, 6) is -0.812. The molecule has 0 aliphatic rings. The summed E-state index contributed by atoms with van der Waals surface area (Å²) < 4.78 is 60.5. The first-order valence-electron chi connectivity index (χ1n) is 7.57. The lowest BCUT2D eigenvalue weighted by Crippen LogP contribution is -2.35. The number of para-hydroxylation sites is 1. The number of sulfonamides is 1. The molecule has 27 heavy (non-hydrogen) atoms. The van der Waals surface area contributed by atoms with Crippen molar-refractivity contribution in [3.05, 3.63) is 36.0 Å². The van der Waals surface area contributed by atoms with Crippen LogP contribution in [0.2, 0.25) is 0 Å². The van der Waals surface area contributed by atoms with Gasteiger partial charge in [-0.25, -0.2) is 22.9 Å². The van der Waals surface area contributed by atoms with Gasteiger partial charge in [0.05, 0.1) is 6.61 Å². The largest absolute Gasteiger partial charge is 0.492 e. The smallest absolute Gasteiger partial charge is 0.388 e. The number of urea groups is 1. The van der Waals surface area contributed by atoms with Crippen LogP contribution in [-0.4, -0.2) is 37.6 Å². The van der Waals surface area contributed by atoms with E-state index in [1.165, 1.54) is 25.1 Å². The Bertz CT molecular complexity index is 924. The maximum atomic E-state index is 12.4. The standard InChI is InChI=1S/C15H16F2N4O5S/c1-3-25-10-6-4-5-7-11(10)27(23,24)21-15(22)20-14-18-9(2)8-12(19-14)26-13(16)17/h4-8,13H,3H2,1-2H3,(H2,18,19,20,21,22). The highest BCUT2D eigenvalue weighted by Gasteiger charge is 2.22. The van der Waals surface area contributed by atoms with Crippen molar-refractivity contribution in [3.8, 4) is 11.6 Å². The summed E-state index contributed by atoms with van der Waals surface area (Å²) in [6.45, 7) is 0.245. The predicted octanol–water partition coefficient (Wildman–Crippen LogP) is 2.30. The number of rotatable bonds is 7. The molecule has 0 radical (unpaired) electrons. The van der Waals surface area contributed by atoms with E-state index < -0.39 is 34.5 Å². The molecule has 0 saturated heterocycles. The molecule has 0 bridgehead atoms.